The zero-order valence-corrected chi connectivity index (χ0v) is 11.8. The molecule has 1 aromatic carbocycles. The predicted molar refractivity (Wildman–Crippen MR) is 76.3 cm³/mol. The number of nitrogens with zero attached hydrogens (tertiary/aromatic N) is 1. The normalized spacial score (nSPS) is 17.4. The number of benzene rings is 1. The molecule has 1 saturated heterocycles. The Morgan fingerprint density at radius 2 is 2.11 bits per heavy atom. The van der Waals surface area contributed by atoms with Crippen LogP contribution in [0.2, 0.25) is 5.15 Å². The van der Waals surface area contributed by atoms with Crippen molar-refractivity contribution in [3.8, 4) is 0 Å². The highest BCUT2D eigenvalue weighted by atomic mass is 35.5. The summed E-state index contributed by atoms with van der Waals surface area (Å²) in [6, 6.07) is 6.43. The molecule has 0 saturated carbocycles. The lowest BCUT2D eigenvalue weighted by Gasteiger charge is -2.25. The average Bonchev–Trinajstić information content (AvgIpc) is 2.67. The Labute approximate surface area is 116 Å². The van der Waals surface area contributed by atoms with Crippen LogP contribution in [0.1, 0.15) is 5.56 Å². The van der Waals surface area contributed by atoms with Crippen LogP contribution >= 0.6 is 23.5 Å². The zero-order valence-electron chi connectivity index (χ0n) is 10.2. The van der Waals surface area contributed by atoms with Crippen molar-refractivity contribution in [2.45, 2.75) is 11.8 Å². The molecule has 0 radical (unpaired) electrons. The van der Waals surface area contributed by atoms with Crippen molar-refractivity contribution in [1.82, 2.24) is 9.29 Å². The Morgan fingerprint density at radius 3 is 2.89 bits per heavy atom. The first-order chi connectivity index (χ1) is 8.74. The van der Waals surface area contributed by atoms with Crippen molar-refractivity contribution in [1.29, 1.82) is 0 Å². The van der Waals surface area contributed by atoms with Crippen molar-refractivity contribution in [3.05, 3.63) is 28.9 Å². The van der Waals surface area contributed by atoms with Crippen LogP contribution < -0.4 is 0 Å². The first-order valence-corrected chi connectivity index (χ1v) is 7.17. The van der Waals surface area contributed by atoms with Gasteiger partial charge in [0.2, 0.25) is 0 Å². The third-order valence-electron chi connectivity index (χ3n) is 3.17. The van der Waals surface area contributed by atoms with Crippen LogP contribution in [-0.4, -0.2) is 35.6 Å². The fourth-order valence-corrected chi connectivity index (χ4v) is 3.25. The third kappa shape index (κ3) is 2.38. The maximum Gasteiger partial charge on any atom is 0.110 e. The van der Waals surface area contributed by atoms with Crippen LogP contribution in [0.4, 0.5) is 0 Å². The molecule has 1 fully saturated rings. The SMILES string of the molecule is Cc1c(Cl)[nH]c2ccc(SN3CCOCC3)cc12. The summed E-state index contributed by atoms with van der Waals surface area (Å²) in [5.41, 5.74) is 2.22. The van der Waals surface area contributed by atoms with Crippen LogP contribution in [0.5, 0.6) is 0 Å². The fraction of sp³-hybridized carbons (Fsp3) is 0.385. The van der Waals surface area contributed by atoms with Crippen molar-refractivity contribution in [3.63, 3.8) is 0 Å². The molecule has 0 spiro atoms. The Kier molecular flexibility index (Phi) is 3.52. The highest BCUT2D eigenvalue weighted by Crippen LogP contribution is 2.31. The lowest BCUT2D eigenvalue weighted by Crippen LogP contribution is -2.30. The van der Waals surface area contributed by atoms with Gasteiger partial charge >= 0.3 is 0 Å². The van der Waals surface area contributed by atoms with E-state index in [4.69, 9.17) is 16.3 Å². The summed E-state index contributed by atoms with van der Waals surface area (Å²) in [6.45, 7) is 5.66. The Hall–Kier alpha value is -0.680. The minimum absolute atomic E-state index is 0.735. The number of aromatic amines is 1. The van der Waals surface area contributed by atoms with Gasteiger partial charge in [-0.2, -0.15) is 0 Å². The fourth-order valence-electron chi connectivity index (χ4n) is 2.12. The highest BCUT2D eigenvalue weighted by molar-refractivity contribution is 7.97. The van der Waals surface area contributed by atoms with Crippen molar-refractivity contribution >= 4 is 34.5 Å². The van der Waals surface area contributed by atoms with E-state index in [-0.39, 0.29) is 0 Å². The third-order valence-corrected chi connectivity index (χ3v) is 4.64. The standard InChI is InChI=1S/C13H15ClN2OS/c1-9-11-8-10(2-3-12(11)15-13(9)14)18-16-4-6-17-7-5-16/h2-3,8,15H,4-7H2,1H3. The number of nitrogens with one attached hydrogen (secondary N) is 1. The molecular formula is C13H15ClN2OS. The Morgan fingerprint density at radius 1 is 1.33 bits per heavy atom. The van der Waals surface area contributed by atoms with E-state index in [0.29, 0.717) is 0 Å². The van der Waals surface area contributed by atoms with E-state index >= 15 is 0 Å². The number of rotatable bonds is 2. The summed E-state index contributed by atoms with van der Waals surface area (Å²) in [7, 11) is 0. The van der Waals surface area contributed by atoms with E-state index < -0.39 is 0 Å². The number of ether oxygens (including phenoxy) is 1. The lowest BCUT2D eigenvalue weighted by atomic mass is 10.2. The lowest BCUT2D eigenvalue weighted by molar-refractivity contribution is 0.0773. The summed E-state index contributed by atoms with van der Waals surface area (Å²) in [4.78, 5) is 4.43. The van der Waals surface area contributed by atoms with Gasteiger partial charge in [-0.05, 0) is 42.6 Å². The predicted octanol–water partition coefficient (Wildman–Crippen LogP) is 3.47. The highest BCUT2D eigenvalue weighted by Gasteiger charge is 2.13. The van der Waals surface area contributed by atoms with Gasteiger partial charge in [0.15, 0.2) is 0 Å². The second kappa shape index (κ2) is 5.13. The van der Waals surface area contributed by atoms with Gasteiger partial charge < -0.3 is 9.72 Å². The Balaban J connectivity index is 1.85. The van der Waals surface area contributed by atoms with Crippen LogP contribution in [0.15, 0.2) is 23.1 Å². The van der Waals surface area contributed by atoms with E-state index in [2.05, 4.69) is 27.5 Å². The molecule has 0 unspecified atom stereocenters. The molecule has 1 aliphatic rings. The van der Waals surface area contributed by atoms with E-state index in [1.165, 1.54) is 10.3 Å². The number of aryl methyl sites for hydroxylation is 1. The van der Waals surface area contributed by atoms with Crippen LogP contribution in [-0.2, 0) is 4.74 Å². The molecule has 1 aromatic heterocycles. The summed E-state index contributed by atoms with van der Waals surface area (Å²) < 4.78 is 7.69. The topological polar surface area (TPSA) is 28.3 Å². The number of hydrogen-bond donors (Lipinski definition) is 1. The molecule has 2 heterocycles. The van der Waals surface area contributed by atoms with Gasteiger partial charge in [-0.15, -0.1) is 0 Å². The Bertz CT molecular complexity index is 563. The van der Waals surface area contributed by atoms with E-state index in [1.54, 1.807) is 11.9 Å². The largest absolute Gasteiger partial charge is 0.379 e. The minimum atomic E-state index is 0.735. The number of morpholine rings is 1. The molecule has 96 valence electrons. The quantitative estimate of drug-likeness (QED) is 0.855. The molecule has 0 bridgehead atoms. The summed E-state index contributed by atoms with van der Waals surface area (Å²) >= 11 is 7.90. The van der Waals surface area contributed by atoms with Crippen molar-refractivity contribution in [2.75, 3.05) is 26.3 Å². The maximum absolute atomic E-state index is 6.11. The smallest absolute Gasteiger partial charge is 0.110 e. The summed E-state index contributed by atoms with van der Waals surface area (Å²) in [5.74, 6) is 0. The van der Waals surface area contributed by atoms with Gasteiger partial charge in [0.05, 0.1) is 13.2 Å². The molecule has 1 aliphatic heterocycles. The monoisotopic (exact) mass is 282 g/mol. The molecule has 3 rings (SSSR count). The minimum Gasteiger partial charge on any atom is -0.379 e. The molecule has 1 N–H and O–H groups in total. The molecule has 18 heavy (non-hydrogen) atoms. The van der Waals surface area contributed by atoms with E-state index in [1.807, 2.05) is 6.92 Å². The maximum atomic E-state index is 6.11. The molecular weight excluding hydrogens is 268 g/mol. The molecule has 5 heteroatoms. The average molecular weight is 283 g/mol. The number of aromatic nitrogens is 1. The molecule has 0 atom stereocenters. The van der Waals surface area contributed by atoms with E-state index in [0.717, 1.165) is 42.5 Å². The second-order valence-corrected chi connectivity index (χ2v) is 5.95. The first-order valence-electron chi connectivity index (χ1n) is 6.02. The molecule has 0 aliphatic carbocycles. The molecule has 2 aromatic rings. The second-order valence-electron chi connectivity index (χ2n) is 4.40. The zero-order chi connectivity index (χ0) is 12.5. The van der Waals surface area contributed by atoms with Gasteiger partial charge in [-0.25, -0.2) is 4.31 Å². The molecule has 3 nitrogen and oxygen atoms in total. The number of hydrogen-bond acceptors (Lipinski definition) is 3. The van der Waals surface area contributed by atoms with Gasteiger partial charge in [0, 0.05) is 28.9 Å². The van der Waals surface area contributed by atoms with Crippen molar-refractivity contribution in [2.24, 2.45) is 0 Å². The van der Waals surface area contributed by atoms with Gasteiger partial charge in [-0.1, -0.05) is 11.6 Å². The first kappa shape index (κ1) is 12.4. The summed E-state index contributed by atoms with van der Waals surface area (Å²) in [6.07, 6.45) is 0. The van der Waals surface area contributed by atoms with Crippen LogP contribution in [0.3, 0.4) is 0 Å². The summed E-state index contributed by atoms with van der Waals surface area (Å²) in [5, 5.41) is 1.94. The molecule has 0 amide bonds. The van der Waals surface area contributed by atoms with Gasteiger partial charge in [0.25, 0.3) is 0 Å². The number of halogens is 1. The van der Waals surface area contributed by atoms with Gasteiger partial charge in [0.1, 0.15) is 5.15 Å². The van der Waals surface area contributed by atoms with Gasteiger partial charge in [-0.3, -0.25) is 0 Å². The van der Waals surface area contributed by atoms with E-state index in [9.17, 15) is 0 Å². The number of H-pyrrole nitrogens is 1. The van der Waals surface area contributed by atoms with Crippen molar-refractivity contribution < 1.29 is 4.74 Å². The van der Waals surface area contributed by atoms with Crippen LogP contribution in [0.25, 0.3) is 10.9 Å². The van der Waals surface area contributed by atoms with Crippen LogP contribution in [0, 0.1) is 6.92 Å². The number of fused-ring (bicyclic) bond motifs is 1.